The predicted molar refractivity (Wildman–Crippen MR) is 99.3 cm³/mol. The number of aromatic nitrogens is 2. The summed E-state index contributed by atoms with van der Waals surface area (Å²) in [6.07, 6.45) is 6.75. The number of nitrogens with zero attached hydrogens (tertiary/aromatic N) is 3. The number of rotatable bonds is 3. The normalized spacial score (nSPS) is 25.7. The van der Waals surface area contributed by atoms with E-state index in [1.54, 1.807) is 0 Å². The number of halogens is 1. The van der Waals surface area contributed by atoms with E-state index in [1.165, 1.54) is 25.7 Å². The number of anilines is 1. The Balaban J connectivity index is 1.36. The number of benzene rings is 1. The molecule has 1 aliphatic heterocycles. The summed E-state index contributed by atoms with van der Waals surface area (Å²) in [5.74, 6) is 0.885. The van der Waals surface area contributed by atoms with Gasteiger partial charge < -0.3 is 10.1 Å². The SMILES string of the molecule is Brc1ccc2ncc(N[C@H]3CC[C@H](N4CCOCC4)CC3)nc2c1. The molecule has 5 nitrogen and oxygen atoms in total. The van der Waals surface area contributed by atoms with Gasteiger partial charge in [-0.1, -0.05) is 15.9 Å². The van der Waals surface area contributed by atoms with Crippen LogP contribution in [0.25, 0.3) is 11.0 Å². The summed E-state index contributed by atoms with van der Waals surface area (Å²) < 4.78 is 6.50. The zero-order valence-corrected chi connectivity index (χ0v) is 15.3. The third kappa shape index (κ3) is 3.71. The van der Waals surface area contributed by atoms with Gasteiger partial charge in [0.1, 0.15) is 5.82 Å². The highest BCUT2D eigenvalue weighted by Gasteiger charge is 2.27. The molecule has 0 unspecified atom stereocenters. The molecule has 0 atom stereocenters. The first-order valence-corrected chi connectivity index (χ1v) is 9.58. The average molecular weight is 391 g/mol. The summed E-state index contributed by atoms with van der Waals surface area (Å²) in [7, 11) is 0. The van der Waals surface area contributed by atoms with Gasteiger partial charge in [-0.3, -0.25) is 9.88 Å². The largest absolute Gasteiger partial charge is 0.379 e. The van der Waals surface area contributed by atoms with E-state index in [2.05, 4.69) is 31.1 Å². The number of nitrogens with one attached hydrogen (secondary N) is 1. The van der Waals surface area contributed by atoms with Crippen molar-refractivity contribution in [3.8, 4) is 0 Å². The van der Waals surface area contributed by atoms with Gasteiger partial charge in [0.15, 0.2) is 0 Å². The second-order valence-electron chi connectivity index (χ2n) is 6.69. The third-order valence-corrected chi connectivity index (χ3v) is 5.61. The van der Waals surface area contributed by atoms with Crippen molar-refractivity contribution in [3.63, 3.8) is 0 Å². The van der Waals surface area contributed by atoms with Crippen molar-refractivity contribution in [1.29, 1.82) is 0 Å². The summed E-state index contributed by atoms with van der Waals surface area (Å²) in [5, 5.41) is 3.58. The number of morpholine rings is 1. The van der Waals surface area contributed by atoms with Crippen LogP contribution in [0.3, 0.4) is 0 Å². The lowest BCUT2D eigenvalue weighted by Gasteiger charge is -2.39. The molecule has 1 N–H and O–H groups in total. The first-order chi connectivity index (χ1) is 11.8. The monoisotopic (exact) mass is 390 g/mol. The van der Waals surface area contributed by atoms with Crippen LogP contribution in [0.4, 0.5) is 5.82 Å². The van der Waals surface area contributed by atoms with E-state index >= 15 is 0 Å². The molecule has 1 aromatic heterocycles. The van der Waals surface area contributed by atoms with Crippen LogP contribution >= 0.6 is 15.9 Å². The van der Waals surface area contributed by atoms with Gasteiger partial charge in [-0.2, -0.15) is 0 Å². The minimum Gasteiger partial charge on any atom is -0.379 e. The average Bonchev–Trinajstić information content (AvgIpc) is 2.63. The fourth-order valence-electron chi connectivity index (χ4n) is 3.79. The molecule has 6 heteroatoms. The fourth-order valence-corrected chi connectivity index (χ4v) is 4.14. The van der Waals surface area contributed by atoms with Gasteiger partial charge in [-0.05, 0) is 43.9 Å². The molecule has 0 spiro atoms. The Morgan fingerprint density at radius 1 is 1.08 bits per heavy atom. The van der Waals surface area contributed by atoms with Crippen molar-refractivity contribution in [1.82, 2.24) is 14.9 Å². The van der Waals surface area contributed by atoms with E-state index in [0.29, 0.717) is 6.04 Å². The van der Waals surface area contributed by atoms with Crippen LogP contribution in [-0.4, -0.2) is 53.3 Å². The Bertz CT molecular complexity index is 696. The van der Waals surface area contributed by atoms with Crippen LogP contribution in [0.15, 0.2) is 28.9 Å². The quantitative estimate of drug-likeness (QED) is 0.869. The molecule has 1 saturated carbocycles. The van der Waals surface area contributed by atoms with Crippen molar-refractivity contribution < 1.29 is 4.74 Å². The fraction of sp³-hybridized carbons (Fsp3) is 0.556. The molecule has 4 rings (SSSR count). The number of fused-ring (bicyclic) bond motifs is 1. The van der Waals surface area contributed by atoms with Gasteiger partial charge in [0.05, 0.1) is 30.4 Å². The van der Waals surface area contributed by atoms with Crippen molar-refractivity contribution in [2.24, 2.45) is 0 Å². The van der Waals surface area contributed by atoms with Gasteiger partial charge in [0, 0.05) is 29.6 Å². The first-order valence-electron chi connectivity index (χ1n) is 8.78. The zero-order valence-electron chi connectivity index (χ0n) is 13.7. The predicted octanol–water partition coefficient (Wildman–Crippen LogP) is 3.45. The molecule has 2 aromatic rings. The Morgan fingerprint density at radius 2 is 1.88 bits per heavy atom. The zero-order chi connectivity index (χ0) is 16.4. The molecular weight excluding hydrogens is 368 g/mol. The Hall–Kier alpha value is -1.24. The lowest BCUT2D eigenvalue weighted by atomic mass is 9.90. The van der Waals surface area contributed by atoms with Gasteiger partial charge in [-0.15, -0.1) is 0 Å². The number of ether oxygens (including phenoxy) is 1. The van der Waals surface area contributed by atoms with E-state index in [0.717, 1.165) is 53.7 Å². The number of hydrogen-bond donors (Lipinski definition) is 1. The summed E-state index contributed by atoms with van der Waals surface area (Å²) in [6, 6.07) is 7.23. The second kappa shape index (κ2) is 7.33. The van der Waals surface area contributed by atoms with Crippen molar-refractivity contribution >= 4 is 32.8 Å². The van der Waals surface area contributed by atoms with Gasteiger partial charge in [0.2, 0.25) is 0 Å². The molecule has 2 fully saturated rings. The summed E-state index contributed by atoms with van der Waals surface area (Å²) >= 11 is 3.50. The molecule has 2 heterocycles. The van der Waals surface area contributed by atoms with E-state index in [9.17, 15) is 0 Å². The third-order valence-electron chi connectivity index (χ3n) is 5.12. The van der Waals surface area contributed by atoms with E-state index in [1.807, 2.05) is 24.4 Å². The smallest absolute Gasteiger partial charge is 0.145 e. The van der Waals surface area contributed by atoms with Gasteiger partial charge in [-0.25, -0.2) is 4.98 Å². The van der Waals surface area contributed by atoms with Gasteiger partial charge in [0.25, 0.3) is 0 Å². The van der Waals surface area contributed by atoms with E-state index in [-0.39, 0.29) is 0 Å². The molecule has 1 aliphatic carbocycles. The van der Waals surface area contributed by atoms with Crippen molar-refractivity contribution in [2.75, 3.05) is 31.6 Å². The van der Waals surface area contributed by atoms with Crippen molar-refractivity contribution in [2.45, 2.75) is 37.8 Å². The lowest BCUT2D eigenvalue weighted by Crippen LogP contribution is -2.46. The highest BCUT2D eigenvalue weighted by Crippen LogP contribution is 2.26. The first kappa shape index (κ1) is 16.2. The van der Waals surface area contributed by atoms with Crippen LogP contribution in [0.2, 0.25) is 0 Å². The van der Waals surface area contributed by atoms with Crippen LogP contribution in [0.5, 0.6) is 0 Å². The van der Waals surface area contributed by atoms with E-state index in [4.69, 9.17) is 9.72 Å². The highest BCUT2D eigenvalue weighted by atomic mass is 79.9. The van der Waals surface area contributed by atoms with Crippen LogP contribution in [0.1, 0.15) is 25.7 Å². The maximum atomic E-state index is 5.46. The lowest BCUT2D eigenvalue weighted by molar-refractivity contribution is 0.00790. The molecule has 0 radical (unpaired) electrons. The molecule has 2 aliphatic rings. The van der Waals surface area contributed by atoms with Crippen LogP contribution in [0, 0.1) is 0 Å². The Kier molecular flexibility index (Phi) is 4.96. The minimum absolute atomic E-state index is 0.501. The Labute approximate surface area is 150 Å². The van der Waals surface area contributed by atoms with Crippen molar-refractivity contribution in [3.05, 3.63) is 28.9 Å². The topological polar surface area (TPSA) is 50.3 Å². The minimum atomic E-state index is 0.501. The maximum Gasteiger partial charge on any atom is 0.145 e. The summed E-state index contributed by atoms with van der Waals surface area (Å²) in [6.45, 7) is 3.96. The molecule has 128 valence electrons. The maximum absolute atomic E-state index is 5.46. The summed E-state index contributed by atoms with van der Waals surface area (Å²) in [4.78, 5) is 11.8. The molecule has 0 amide bonds. The standard InChI is InChI=1S/C18H23BrN4O/c19-13-1-6-16-17(11-13)22-18(12-20-16)21-14-2-4-15(5-3-14)23-7-9-24-10-8-23/h1,6,11-12,14-15H,2-5,7-10H2,(H,21,22)/t14-,15-. The number of hydrogen-bond acceptors (Lipinski definition) is 5. The van der Waals surface area contributed by atoms with E-state index < -0.39 is 0 Å². The van der Waals surface area contributed by atoms with Crippen LogP contribution < -0.4 is 5.32 Å². The van der Waals surface area contributed by atoms with Crippen LogP contribution in [-0.2, 0) is 4.74 Å². The highest BCUT2D eigenvalue weighted by molar-refractivity contribution is 9.10. The summed E-state index contributed by atoms with van der Waals surface area (Å²) in [5.41, 5.74) is 1.86. The molecule has 24 heavy (non-hydrogen) atoms. The molecular formula is C18H23BrN4O. The van der Waals surface area contributed by atoms with Gasteiger partial charge >= 0.3 is 0 Å². The molecule has 0 bridgehead atoms. The molecule has 1 aromatic carbocycles. The molecule has 1 saturated heterocycles. The second-order valence-corrected chi connectivity index (χ2v) is 7.60. The Morgan fingerprint density at radius 3 is 2.67 bits per heavy atom.